The van der Waals surface area contributed by atoms with E-state index in [1.807, 2.05) is 16.8 Å². The molecule has 66 valence electrons. The summed E-state index contributed by atoms with van der Waals surface area (Å²) in [5.41, 5.74) is 1.28. The van der Waals surface area contributed by atoms with Crippen molar-refractivity contribution in [2.45, 2.75) is 0 Å². The molecule has 5 heteroatoms. The van der Waals surface area contributed by atoms with E-state index >= 15 is 0 Å². The van der Waals surface area contributed by atoms with Crippen LogP contribution in [0.1, 0.15) is 16.1 Å². The Balaban J connectivity index is 2.33. The molecule has 2 rings (SSSR count). The van der Waals surface area contributed by atoms with E-state index < -0.39 is 0 Å². The Kier molecular flexibility index (Phi) is 2.75. The average molecular weight is 321 g/mol. The third-order valence-electron chi connectivity index (χ3n) is 1.50. The average Bonchev–Trinajstić information content (AvgIpc) is 2.72. The number of halogens is 1. The van der Waals surface area contributed by atoms with Gasteiger partial charge in [-0.2, -0.15) is 4.37 Å². The summed E-state index contributed by atoms with van der Waals surface area (Å²) < 4.78 is 5.12. The smallest absolute Gasteiger partial charge is 0.213 e. The lowest BCUT2D eigenvalue weighted by Crippen LogP contribution is -1.98. The molecule has 0 aliphatic rings. The van der Waals surface area contributed by atoms with Gasteiger partial charge < -0.3 is 0 Å². The van der Waals surface area contributed by atoms with Gasteiger partial charge in [-0.1, -0.05) is 0 Å². The molecule has 0 aliphatic heterocycles. The normalized spacial score (nSPS) is 10.2. The summed E-state index contributed by atoms with van der Waals surface area (Å²) in [6.07, 6.45) is 0. The van der Waals surface area contributed by atoms with Gasteiger partial charge in [0, 0.05) is 16.3 Å². The predicted molar refractivity (Wildman–Crippen MR) is 62.6 cm³/mol. The second-order valence-corrected chi connectivity index (χ2v) is 5.82. The molecule has 13 heavy (non-hydrogen) atoms. The van der Waals surface area contributed by atoms with Crippen molar-refractivity contribution in [3.8, 4) is 0 Å². The molecule has 0 atom stereocenters. The van der Waals surface area contributed by atoms with E-state index in [-0.39, 0.29) is 5.78 Å². The highest BCUT2D eigenvalue weighted by Gasteiger charge is 2.11. The largest absolute Gasteiger partial charge is 0.287 e. The minimum atomic E-state index is 0.0143. The number of ketones is 1. The van der Waals surface area contributed by atoms with E-state index in [9.17, 15) is 4.79 Å². The Hall–Kier alpha value is -0.270. The number of hydrogen-bond donors (Lipinski definition) is 0. The molecular formula is C8H4INOS2. The second-order valence-electron chi connectivity index (χ2n) is 2.35. The Morgan fingerprint density at radius 3 is 2.92 bits per heavy atom. The fourth-order valence-corrected chi connectivity index (χ4v) is 2.74. The quantitative estimate of drug-likeness (QED) is 0.629. The molecule has 0 unspecified atom stereocenters. The second kappa shape index (κ2) is 3.85. The zero-order chi connectivity index (χ0) is 9.26. The Morgan fingerprint density at radius 1 is 1.54 bits per heavy atom. The summed E-state index contributed by atoms with van der Waals surface area (Å²) in [7, 11) is 0. The van der Waals surface area contributed by atoms with Crippen LogP contribution in [-0.2, 0) is 0 Å². The number of rotatable bonds is 2. The van der Waals surface area contributed by atoms with Crippen LogP contribution in [0.3, 0.4) is 0 Å². The first-order valence-corrected chi connectivity index (χ1v) is 6.26. The minimum absolute atomic E-state index is 0.0143. The van der Waals surface area contributed by atoms with Crippen molar-refractivity contribution in [1.29, 1.82) is 0 Å². The Morgan fingerprint density at radius 2 is 2.38 bits per heavy atom. The van der Waals surface area contributed by atoms with Gasteiger partial charge in [0.2, 0.25) is 5.78 Å². The van der Waals surface area contributed by atoms with Gasteiger partial charge in [-0.05, 0) is 46.3 Å². The summed E-state index contributed by atoms with van der Waals surface area (Å²) in [5, 5.41) is 3.67. The van der Waals surface area contributed by atoms with Crippen molar-refractivity contribution in [1.82, 2.24) is 4.37 Å². The summed E-state index contributed by atoms with van der Waals surface area (Å²) in [5.74, 6) is 0.0143. The molecule has 0 aliphatic carbocycles. The van der Waals surface area contributed by atoms with E-state index in [0.29, 0.717) is 5.69 Å². The highest BCUT2D eigenvalue weighted by Crippen LogP contribution is 2.19. The van der Waals surface area contributed by atoms with Gasteiger partial charge in [-0.15, -0.1) is 11.3 Å². The van der Waals surface area contributed by atoms with Gasteiger partial charge in [0.25, 0.3) is 0 Å². The van der Waals surface area contributed by atoms with Gasteiger partial charge in [-0.3, -0.25) is 4.79 Å². The molecule has 0 saturated heterocycles. The van der Waals surface area contributed by atoms with Crippen LogP contribution in [0.25, 0.3) is 0 Å². The van der Waals surface area contributed by atoms with Gasteiger partial charge in [-0.25, -0.2) is 0 Å². The third-order valence-corrected chi connectivity index (χ3v) is 3.85. The standard InChI is InChI=1S/C8H4INOS2/c9-7-3-5(4-12-7)8(11)6-1-2-13-10-6/h1-4H. The van der Waals surface area contributed by atoms with E-state index in [1.54, 1.807) is 17.4 Å². The maximum absolute atomic E-state index is 11.7. The highest BCUT2D eigenvalue weighted by atomic mass is 127. The Labute approximate surface area is 96.9 Å². The number of hydrogen-bond acceptors (Lipinski definition) is 4. The van der Waals surface area contributed by atoms with Crippen LogP contribution in [0, 0.1) is 2.88 Å². The highest BCUT2D eigenvalue weighted by molar-refractivity contribution is 14.1. The molecule has 0 saturated carbocycles. The van der Waals surface area contributed by atoms with Crippen molar-refractivity contribution in [2.24, 2.45) is 0 Å². The molecule has 2 aromatic heterocycles. The fraction of sp³-hybridized carbons (Fsp3) is 0. The van der Waals surface area contributed by atoms with Gasteiger partial charge in [0.15, 0.2) is 0 Å². The lowest BCUT2D eigenvalue weighted by Gasteiger charge is -1.89. The molecule has 0 radical (unpaired) electrons. The molecule has 0 amide bonds. The minimum Gasteiger partial charge on any atom is -0.287 e. The molecule has 2 aromatic rings. The van der Waals surface area contributed by atoms with Crippen LogP contribution in [0.2, 0.25) is 0 Å². The molecule has 2 nitrogen and oxygen atoms in total. The molecule has 0 bridgehead atoms. The maximum atomic E-state index is 11.7. The molecule has 0 fully saturated rings. The SMILES string of the molecule is O=C(c1csc(I)c1)c1ccsn1. The first-order valence-electron chi connectivity index (χ1n) is 3.46. The number of carbonyl (C=O) groups excluding carboxylic acids is 1. The first kappa shape index (κ1) is 9.29. The summed E-state index contributed by atoms with van der Waals surface area (Å²) in [4.78, 5) is 11.7. The van der Waals surface area contributed by atoms with Crippen LogP contribution in [0.15, 0.2) is 22.9 Å². The van der Waals surface area contributed by atoms with E-state index in [4.69, 9.17) is 0 Å². The number of aromatic nitrogens is 1. The van der Waals surface area contributed by atoms with Crippen LogP contribution >= 0.6 is 45.5 Å². The van der Waals surface area contributed by atoms with E-state index in [1.165, 1.54) is 11.5 Å². The maximum Gasteiger partial charge on any atom is 0.213 e. The van der Waals surface area contributed by atoms with Gasteiger partial charge in [0.05, 0.1) is 2.88 Å². The van der Waals surface area contributed by atoms with Crippen LogP contribution in [0.4, 0.5) is 0 Å². The monoisotopic (exact) mass is 321 g/mol. The van der Waals surface area contributed by atoms with E-state index in [0.717, 1.165) is 8.45 Å². The van der Waals surface area contributed by atoms with Crippen molar-refractivity contribution >= 4 is 51.2 Å². The van der Waals surface area contributed by atoms with Gasteiger partial charge >= 0.3 is 0 Å². The van der Waals surface area contributed by atoms with Gasteiger partial charge in [0.1, 0.15) is 5.69 Å². The Bertz CT molecular complexity index is 421. The number of thiophene rings is 1. The number of carbonyl (C=O) groups is 1. The van der Waals surface area contributed by atoms with Crippen LogP contribution in [-0.4, -0.2) is 10.2 Å². The van der Waals surface area contributed by atoms with Crippen molar-refractivity contribution < 1.29 is 4.79 Å². The summed E-state index contributed by atoms with van der Waals surface area (Å²) >= 11 is 5.07. The molecule has 0 aromatic carbocycles. The van der Waals surface area contributed by atoms with Crippen LogP contribution < -0.4 is 0 Å². The number of nitrogens with zero attached hydrogens (tertiary/aromatic N) is 1. The summed E-state index contributed by atoms with van der Waals surface area (Å²) in [6, 6.07) is 3.63. The zero-order valence-electron chi connectivity index (χ0n) is 6.36. The lowest BCUT2D eigenvalue weighted by atomic mass is 10.2. The van der Waals surface area contributed by atoms with Crippen molar-refractivity contribution in [3.05, 3.63) is 37.0 Å². The first-order chi connectivity index (χ1) is 6.27. The van der Waals surface area contributed by atoms with E-state index in [2.05, 4.69) is 27.0 Å². The lowest BCUT2D eigenvalue weighted by molar-refractivity contribution is 0.103. The van der Waals surface area contributed by atoms with Crippen molar-refractivity contribution in [2.75, 3.05) is 0 Å². The molecule has 0 spiro atoms. The molecule has 2 heterocycles. The zero-order valence-corrected chi connectivity index (χ0v) is 10.1. The summed E-state index contributed by atoms with van der Waals surface area (Å²) in [6.45, 7) is 0. The topological polar surface area (TPSA) is 30.0 Å². The molecule has 0 N–H and O–H groups in total. The van der Waals surface area contributed by atoms with Crippen molar-refractivity contribution in [3.63, 3.8) is 0 Å². The van der Waals surface area contributed by atoms with Crippen LogP contribution in [0.5, 0.6) is 0 Å². The third kappa shape index (κ3) is 1.97. The molecular weight excluding hydrogens is 317 g/mol. The fourth-order valence-electron chi connectivity index (χ4n) is 0.907. The predicted octanol–water partition coefficient (Wildman–Crippen LogP) is 3.04.